The summed E-state index contributed by atoms with van der Waals surface area (Å²) in [7, 11) is 1.73. The van der Waals surface area contributed by atoms with Gasteiger partial charge in [-0.15, -0.1) is 0 Å². The van der Waals surface area contributed by atoms with Crippen LogP contribution in [0.2, 0.25) is 0 Å². The third-order valence-corrected chi connectivity index (χ3v) is 3.70. The third-order valence-electron chi connectivity index (χ3n) is 3.70. The molecule has 3 atom stereocenters. The van der Waals surface area contributed by atoms with Gasteiger partial charge in [0.25, 0.3) is 0 Å². The molecular formula is C11H22N2O. The summed E-state index contributed by atoms with van der Waals surface area (Å²) in [5, 5.41) is 3.65. The summed E-state index contributed by atoms with van der Waals surface area (Å²) in [5.41, 5.74) is 3.15. The van der Waals surface area contributed by atoms with Crippen LogP contribution in [-0.4, -0.2) is 25.7 Å². The highest BCUT2D eigenvalue weighted by Crippen LogP contribution is 2.31. The number of piperidine rings is 1. The molecule has 0 radical (unpaired) electrons. The van der Waals surface area contributed by atoms with Crippen LogP contribution in [-0.2, 0) is 4.84 Å². The van der Waals surface area contributed by atoms with Crippen molar-refractivity contribution >= 4 is 0 Å². The van der Waals surface area contributed by atoms with Gasteiger partial charge in [0.15, 0.2) is 0 Å². The minimum atomic E-state index is 0.579. The lowest BCUT2D eigenvalue weighted by atomic mass is 9.88. The maximum absolute atomic E-state index is 5.07. The summed E-state index contributed by atoms with van der Waals surface area (Å²) in [6.07, 6.45) is 8.09. The van der Waals surface area contributed by atoms with E-state index in [9.17, 15) is 0 Å². The van der Waals surface area contributed by atoms with Crippen LogP contribution in [0.15, 0.2) is 0 Å². The minimum absolute atomic E-state index is 0.579. The Labute approximate surface area is 86.5 Å². The Morgan fingerprint density at radius 3 is 2.79 bits per heavy atom. The standard InChI is InChI=1S/C11H22N2O/c1-14-13-11-7-4-5-9(11)10-6-2-3-8-12-10/h9-13H,2-8H2,1H3. The van der Waals surface area contributed by atoms with Gasteiger partial charge in [-0.1, -0.05) is 12.8 Å². The number of hydroxylamine groups is 1. The molecule has 3 unspecified atom stereocenters. The van der Waals surface area contributed by atoms with Gasteiger partial charge in [-0.3, -0.25) is 0 Å². The maximum atomic E-state index is 5.07. The lowest BCUT2D eigenvalue weighted by Gasteiger charge is -2.32. The minimum Gasteiger partial charge on any atom is -0.314 e. The van der Waals surface area contributed by atoms with Gasteiger partial charge in [-0.2, -0.15) is 5.48 Å². The fraction of sp³-hybridized carbons (Fsp3) is 1.00. The number of hydrogen-bond acceptors (Lipinski definition) is 3. The highest BCUT2D eigenvalue weighted by molar-refractivity contribution is 4.90. The van der Waals surface area contributed by atoms with Crippen LogP contribution in [0.4, 0.5) is 0 Å². The SMILES string of the molecule is CONC1CCCC1C1CCCCN1. The predicted molar refractivity (Wildman–Crippen MR) is 56.9 cm³/mol. The fourth-order valence-corrected chi connectivity index (χ4v) is 3.01. The Morgan fingerprint density at radius 2 is 2.07 bits per heavy atom. The van der Waals surface area contributed by atoms with E-state index in [2.05, 4.69) is 10.8 Å². The molecule has 3 nitrogen and oxygen atoms in total. The zero-order chi connectivity index (χ0) is 9.80. The molecule has 2 rings (SSSR count). The summed E-state index contributed by atoms with van der Waals surface area (Å²) < 4.78 is 0. The first-order valence-corrected chi connectivity index (χ1v) is 5.93. The second kappa shape index (κ2) is 5.10. The topological polar surface area (TPSA) is 33.3 Å². The first-order valence-electron chi connectivity index (χ1n) is 5.93. The average molecular weight is 198 g/mol. The smallest absolute Gasteiger partial charge is 0.0572 e. The fourth-order valence-electron chi connectivity index (χ4n) is 3.01. The monoisotopic (exact) mass is 198 g/mol. The van der Waals surface area contributed by atoms with Crippen molar-refractivity contribution in [2.45, 2.75) is 50.6 Å². The van der Waals surface area contributed by atoms with E-state index >= 15 is 0 Å². The predicted octanol–water partition coefficient (Wildman–Crippen LogP) is 1.45. The molecule has 2 N–H and O–H groups in total. The molecule has 2 fully saturated rings. The van der Waals surface area contributed by atoms with Crippen LogP contribution in [0.5, 0.6) is 0 Å². The molecule has 0 spiro atoms. The number of nitrogens with one attached hydrogen (secondary N) is 2. The highest BCUT2D eigenvalue weighted by Gasteiger charge is 2.34. The second-order valence-corrected chi connectivity index (χ2v) is 4.58. The average Bonchev–Trinajstić information content (AvgIpc) is 2.68. The van der Waals surface area contributed by atoms with E-state index in [4.69, 9.17) is 4.84 Å². The molecule has 0 amide bonds. The summed E-state index contributed by atoms with van der Waals surface area (Å²) in [6.45, 7) is 1.21. The molecule has 1 saturated carbocycles. The summed E-state index contributed by atoms with van der Waals surface area (Å²) in [4.78, 5) is 5.07. The van der Waals surface area contributed by atoms with Gasteiger partial charge >= 0.3 is 0 Å². The zero-order valence-electron chi connectivity index (χ0n) is 9.09. The summed E-state index contributed by atoms with van der Waals surface area (Å²) >= 11 is 0. The Morgan fingerprint density at radius 1 is 1.14 bits per heavy atom. The van der Waals surface area contributed by atoms with Crippen LogP contribution >= 0.6 is 0 Å². The molecule has 0 aromatic carbocycles. The van der Waals surface area contributed by atoms with E-state index in [1.165, 1.54) is 45.1 Å². The van der Waals surface area contributed by atoms with Gasteiger partial charge in [0, 0.05) is 12.1 Å². The molecule has 1 aliphatic heterocycles. The van der Waals surface area contributed by atoms with Crippen molar-refractivity contribution in [2.75, 3.05) is 13.7 Å². The molecule has 0 aromatic heterocycles. The van der Waals surface area contributed by atoms with Gasteiger partial charge in [0.1, 0.15) is 0 Å². The zero-order valence-corrected chi connectivity index (χ0v) is 9.09. The molecular weight excluding hydrogens is 176 g/mol. The molecule has 1 saturated heterocycles. The van der Waals surface area contributed by atoms with E-state index in [-0.39, 0.29) is 0 Å². The lowest BCUT2D eigenvalue weighted by Crippen LogP contribution is -2.46. The molecule has 1 heterocycles. The molecule has 2 aliphatic rings. The van der Waals surface area contributed by atoms with E-state index in [1.54, 1.807) is 7.11 Å². The van der Waals surface area contributed by atoms with Crippen LogP contribution < -0.4 is 10.8 Å². The Hall–Kier alpha value is -0.120. The van der Waals surface area contributed by atoms with Crippen molar-refractivity contribution in [3.63, 3.8) is 0 Å². The number of hydrogen-bond donors (Lipinski definition) is 2. The van der Waals surface area contributed by atoms with Crippen molar-refractivity contribution < 1.29 is 4.84 Å². The van der Waals surface area contributed by atoms with Crippen molar-refractivity contribution in [1.29, 1.82) is 0 Å². The van der Waals surface area contributed by atoms with E-state index in [0.29, 0.717) is 6.04 Å². The van der Waals surface area contributed by atoms with Crippen molar-refractivity contribution in [3.8, 4) is 0 Å². The van der Waals surface area contributed by atoms with Crippen LogP contribution in [0, 0.1) is 5.92 Å². The van der Waals surface area contributed by atoms with Gasteiger partial charge in [0.2, 0.25) is 0 Å². The summed E-state index contributed by atoms with van der Waals surface area (Å²) in [6, 6.07) is 1.31. The van der Waals surface area contributed by atoms with Gasteiger partial charge in [-0.05, 0) is 38.1 Å². The van der Waals surface area contributed by atoms with E-state index < -0.39 is 0 Å². The van der Waals surface area contributed by atoms with Crippen LogP contribution in [0.25, 0.3) is 0 Å². The molecule has 0 bridgehead atoms. The van der Waals surface area contributed by atoms with E-state index in [0.717, 1.165) is 12.0 Å². The van der Waals surface area contributed by atoms with Gasteiger partial charge in [-0.25, -0.2) is 0 Å². The van der Waals surface area contributed by atoms with Gasteiger partial charge < -0.3 is 10.2 Å². The number of rotatable bonds is 3. The van der Waals surface area contributed by atoms with Crippen molar-refractivity contribution in [3.05, 3.63) is 0 Å². The highest BCUT2D eigenvalue weighted by atomic mass is 16.6. The molecule has 82 valence electrons. The normalized spacial score (nSPS) is 38.8. The Kier molecular flexibility index (Phi) is 3.79. The Balaban J connectivity index is 1.87. The molecule has 1 aliphatic carbocycles. The van der Waals surface area contributed by atoms with Crippen molar-refractivity contribution in [2.24, 2.45) is 5.92 Å². The molecule has 0 aromatic rings. The first-order chi connectivity index (χ1) is 6.92. The molecule has 3 heteroatoms. The van der Waals surface area contributed by atoms with Crippen molar-refractivity contribution in [1.82, 2.24) is 10.8 Å². The molecule has 14 heavy (non-hydrogen) atoms. The second-order valence-electron chi connectivity index (χ2n) is 4.58. The largest absolute Gasteiger partial charge is 0.314 e. The van der Waals surface area contributed by atoms with E-state index in [1.807, 2.05) is 0 Å². The maximum Gasteiger partial charge on any atom is 0.0572 e. The Bertz CT molecular complexity index is 169. The summed E-state index contributed by atoms with van der Waals surface area (Å²) in [5.74, 6) is 0.787. The van der Waals surface area contributed by atoms with Gasteiger partial charge in [0.05, 0.1) is 7.11 Å². The third kappa shape index (κ3) is 2.27. The van der Waals surface area contributed by atoms with Crippen LogP contribution in [0.3, 0.4) is 0 Å². The lowest BCUT2D eigenvalue weighted by molar-refractivity contribution is 0.0408. The first kappa shape index (κ1) is 10.4. The van der Waals surface area contributed by atoms with Crippen LogP contribution in [0.1, 0.15) is 38.5 Å². The quantitative estimate of drug-likeness (QED) is 0.673.